The van der Waals surface area contributed by atoms with E-state index < -0.39 is 0 Å². The lowest BCUT2D eigenvalue weighted by atomic mass is 10.2. The molecule has 0 amide bonds. The number of benzene rings is 1. The van der Waals surface area contributed by atoms with Crippen molar-refractivity contribution in [2.24, 2.45) is 0 Å². The van der Waals surface area contributed by atoms with Crippen molar-refractivity contribution in [2.75, 3.05) is 0 Å². The third-order valence-corrected chi connectivity index (χ3v) is 1.47. The van der Waals surface area contributed by atoms with E-state index in [1.54, 1.807) is 0 Å². The molecular formula is C9H9BrN2O2. The highest BCUT2D eigenvalue weighted by Gasteiger charge is 1.82. The van der Waals surface area contributed by atoms with Crippen molar-refractivity contribution in [1.29, 1.82) is 10.8 Å². The summed E-state index contributed by atoms with van der Waals surface area (Å²) in [5, 5.41) is 10.8. The van der Waals surface area contributed by atoms with Crippen molar-refractivity contribution in [2.45, 2.75) is 6.92 Å². The maximum atomic E-state index is 8.35. The van der Waals surface area contributed by atoms with Crippen molar-refractivity contribution < 1.29 is 9.59 Å². The molecule has 0 radical (unpaired) electrons. The Hall–Kier alpha value is -1.54. The van der Waals surface area contributed by atoms with Crippen LogP contribution in [0.5, 0.6) is 0 Å². The lowest BCUT2D eigenvalue weighted by Crippen LogP contribution is -1.67. The largest absolute Gasteiger partial charge is 0.231 e. The number of nitrogens with one attached hydrogen (secondary N) is 2. The Morgan fingerprint density at radius 3 is 1.86 bits per heavy atom. The zero-order valence-electron chi connectivity index (χ0n) is 7.50. The van der Waals surface area contributed by atoms with Crippen LogP contribution in [0.2, 0.25) is 0 Å². The van der Waals surface area contributed by atoms with Crippen molar-refractivity contribution in [1.82, 2.24) is 0 Å². The average Bonchev–Trinajstić information content (AvgIpc) is 2.06. The summed E-state index contributed by atoms with van der Waals surface area (Å²) >= 11 is 3.36. The normalized spacial score (nSPS) is 6.43. The van der Waals surface area contributed by atoms with Gasteiger partial charge >= 0.3 is 0 Å². The van der Waals surface area contributed by atoms with Gasteiger partial charge < -0.3 is 0 Å². The summed E-state index contributed by atoms with van der Waals surface area (Å²) in [7, 11) is 0. The molecular weight excluding hydrogens is 248 g/mol. The molecule has 0 bridgehead atoms. The highest BCUT2D eigenvalue weighted by Crippen LogP contribution is 2.09. The fourth-order valence-electron chi connectivity index (χ4n) is 0.606. The van der Waals surface area contributed by atoms with Crippen LogP contribution in [-0.2, 0) is 9.59 Å². The predicted molar refractivity (Wildman–Crippen MR) is 55.7 cm³/mol. The quantitative estimate of drug-likeness (QED) is 0.553. The fraction of sp³-hybridized carbons (Fsp3) is 0.111. The molecule has 74 valence electrons. The molecule has 1 rings (SSSR count). The molecule has 14 heavy (non-hydrogen) atoms. The van der Waals surface area contributed by atoms with Gasteiger partial charge in [-0.15, -0.1) is 0 Å². The van der Waals surface area contributed by atoms with E-state index in [0.29, 0.717) is 0 Å². The maximum absolute atomic E-state index is 8.35. The van der Waals surface area contributed by atoms with Crippen LogP contribution in [0, 0.1) is 17.7 Å². The first-order chi connectivity index (χ1) is 6.62. The van der Waals surface area contributed by atoms with E-state index in [1.165, 1.54) is 5.56 Å². The van der Waals surface area contributed by atoms with Gasteiger partial charge in [-0.2, -0.15) is 0 Å². The van der Waals surface area contributed by atoms with Crippen molar-refractivity contribution >= 4 is 28.1 Å². The van der Waals surface area contributed by atoms with Gasteiger partial charge in [0.05, 0.1) is 0 Å². The molecule has 0 atom stereocenters. The van der Waals surface area contributed by atoms with Gasteiger partial charge in [-0.1, -0.05) is 33.6 Å². The Kier molecular flexibility index (Phi) is 12.2. The molecule has 0 fully saturated rings. The monoisotopic (exact) mass is 256 g/mol. The Labute approximate surface area is 90.1 Å². The molecule has 1 aromatic carbocycles. The molecule has 0 unspecified atom stereocenters. The first-order valence-electron chi connectivity index (χ1n) is 3.42. The van der Waals surface area contributed by atoms with E-state index in [1.807, 2.05) is 12.1 Å². The maximum Gasteiger partial charge on any atom is 0.231 e. The minimum absolute atomic E-state index is 0.750. The molecule has 0 aliphatic rings. The van der Waals surface area contributed by atoms with Crippen LogP contribution >= 0.6 is 15.9 Å². The van der Waals surface area contributed by atoms with E-state index >= 15 is 0 Å². The topological polar surface area (TPSA) is 81.8 Å². The molecule has 5 heteroatoms. The van der Waals surface area contributed by atoms with E-state index in [-0.39, 0.29) is 0 Å². The Morgan fingerprint density at radius 1 is 1.21 bits per heavy atom. The minimum Gasteiger partial charge on any atom is -0.222 e. The summed E-state index contributed by atoms with van der Waals surface area (Å²) in [5.74, 6) is 0. The first-order valence-corrected chi connectivity index (χ1v) is 4.21. The number of aryl methyl sites for hydroxylation is 1. The van der Waals surface area contributed by atoms with Gasteiger partial charge in [0.15, 0.2) is 0 Å². The van der Waals surface area contributed by atoms with Crippen molar-refractivity contribution in [3.05, 3.63) is 34.3 Å². The predicted octanol–water partition coefficient (Wildman–Crippen LogP) is 2.56. The molecule has 4 nitrogen and oxygen atoms in total. The molecule has 0 saturated heterocycles. The van der Waals surface area contributed by atoms with Gasteiger partial charge in [0.25, 0.3) is 0 Å². The number of isocyanates is 2. The minimum atomic E-state index is 0.750. The van der Waals surface area contributed by atoms with Gasteiger partial charge in [-0.05, 0) is 19.1 Å². The molecule has 2 N–H and O–H groups in total. The third kappa shape index (κ3) is 13.1. The van der Waals surface area contributed by atoms with Crippen molar-refractivity contribution in [3.8, 4) is 0 Å². The van der Waals surface area contributed by atoms with Gasteiger partial charge in [-0.25, -0.2) is 20.4 Å². The number of carbonyl (C=O) groups excluding carboxylic acids is 2. The van der Waals surface area contributed by atoms with Crippen LogP contribution in [0.15, 0.2) is 28.7 Å². The molecule has 1 aromatic rings. The second-order valence-corrected chi connectivity index (χ2v) is 2.92. The number of halogens is 1. The van der Waals surface area contributed by atoms with Gasteiger partial charge in [0.1, 0.15) is 0 Å². The summed E-state index contributed by atoms with van der Waals surface area (Å²) in [4.78, 5) is 16.7. The summed E-state index contributed by atoms with van der Waals surface area (Å²) < 4.78 is 1.15. The third-order valence-electron chi connectivity index (χ3n) is 0.980. The number of hydrogen-bond acceptors (Lipinski definition) is 4. The molecule has 0 aromatic heterocycles. The van der Waals surface area contributed by atoms with E-state index in [0.717, 1.165) is 16.6 Å². The summed E-state index contributed by atoms with van der Waals surface area (Å²) in [6.45, 7) is 2.07. The Morgan fingerprint density at radius 2 is 1.64 bits per heavy atom. The number of hydrogen-bond donors (Lipinski definition) is 2. The molecule has 0 aliphatic carbocycles. The smallest absolute Gasteiger partial charge is 0.222 e. The van der Waals surface area contributed by atoms with Crippen LogP contribution in [0.4, 0.5) is 0 Å². The van der Waals surface area contributed by atoms with Gasteiger partial charge in [-0.3, -0.25) is 0 Å². The van der Waals surface area contributed by atoms with E-state index in [4.69, 9.17) is 20.4 Å². The Bertz CT molecular complexity index is 298. The summed E-state index contributed by atoms with van der Waals surface area (Å²) in [6.07, 6.45) is 1.50. The zero-order chi connectivity index (χ0) is 11.4. The molecule has 0 heterocycles. The van der Waals surface area contributed by atoms with Crippen LogP contribution in [0.1, 0.15) is 5.56 Å². The lowest BCUT2D eigenvalue weighted by Gasteiger charge is -1.89. The molecule has 0 saturated carbocycles. The number of rotatable bonds is 0. The highest BCUT2D eigenvalue weighted by molar-refractivity contribution is 9.10. The van der Waals surface area contributed by atoms with Crippen LogP contribution in [0.3, 0.4) is 0 Å². The van der Waals surface area contributed by atoms with E-state index in [9.17, 15) is 0 Å². The van der Waals surface area contributed by atoms with Crippen LogP contribution < -0.4 is 0 Å². The first kappa shape index (κ1) is 15.0. The van der Waals surface area contributed by atoms with Gasteiger partial charge in [0.2, 0.25) is 12.2 Å². The SMILES string of the molecule is Cc1cccc(Br)c1.N=C=O.N=C=O. The summed E-state index contributed by atoms with van der Waals surface area (Å²) in [6, 6.07) is 8.21. The van der Waals surface area contributed by atoms with Crippen LogP contribution in [0.25, 0.3) is 0 Å². The van der Waals surface area contributed by atoms with Crippen LogP contribution in [-0.4, -0.2) is 12.2 Å². The second kappa shape index (κ2) is 11.5. The highest BCUT2D eigenvalue weighted by atomic mass is 79.9. The van der Waals surface area contributed by atoms with Gasteiger partial charge in [0, 0.05) is 4.47 Å². The van der Waals surface area contributed by atoms with E-state index in [2.05, 4.69) is 35.0 Å². The average molecular weight is 257 g/mol. The fourth-order valence-corrected chi connectivity index (χ4v) is 1.12. The molecule has 0 spiro atoms. The molecule has 0 aliphatic heterocycles. The standard InChI is InChI=1S/C7H7Br.2CHNO/c1-6-3-2-4-7(8)5-6;2*2-1-3/h2-5H,1H3;2*2H. The Balaban J connectivity index is 0. The second-order valence-electron chi connectivity index (χ2n) is 2.00. The summed E-state index contributed by atoms with van der Waals surface area (Å²) in [5.41, 5.74) is 1.29. The lowest BCUT2D eigenvalue weighted by molar-refractivity contribution is 0.562. The zero-order valence-corrected chi connectivity index (χ0v) is 9.09. The van der Waals surface area contributed by atoms with Crippen molar-refractivity contribution in [3.63, 3.8) is 0 Å².